The van der Waals surface area contributed by atoms with Gasteiger partial charge >= 0.3 is 6.03 Å². The Balaban J connectivity index is 1.38. The first-order valence-electron chi connectivity index (χ1n) is 14.1. The Bertz CT molecular complexity index is 1580. The van der Waals surface area contributed by atoms with Crippen LogP contribution < -0.4 is 34.8 Å². The van der Waals surface area contributed by atoms with E-state index in [4.69, 9.17) is 14.5 Å². The number of aromatic nitrogens is 2. The van der Waals surface area contributed by atoms with Crippen LogP contribution in [0.1, 0.15) is 16.7 Å². The number of carbonyl (C=O) groups is 1. The molecule has 2 aliphatic rings. The highest BCUT2D eigenvalue weighted by Gasteiger charge is 2.37. The molecule has 10 nitrogen and oxygen atoms in total. The number of aryl methyl sites for hydroxylation is 2. The number of anilines is 6. The summed E-state index contributed by atoms with van der Waals surface area (Å²) >= 11 is 0. The van der Waals surface area contributed by atoms with E-state index in [0.717, 1.165) is 54.2 Å². The molecule has 0 unspecified atom stereocenters. The van der Waals surface area contributed by atoms with Crippen molar-refractivity contribution in [1.29, 1.82) is 0 Å². The third-order valence-corrected chi connectivity index (χ3v) is 7.75. The third kappa shape index (κ3) is 5.16. The molecule has 0 aliphatic carbocycles. The zero-order chi connectivity index (χ0) is 29.2. The first-order valence-corrected chi connectivity index (χ1v) is 14.1. The number of piperazine rings is 1. The molecule has 4 aromatic rings. The molecule has 0 saturated carbocycles. The van der Waals surface area contributed by atoms with E-state index in [-0.39, 0.29) is 6.03 Å². The number of fused-ring (bicyclic) bond motifs is 1. The number of carbonyl (C=O) groups excluding carboxylic acids is 1. The summed E-state index contributed by atoms with van der Waals surface area (Å²) in [4.78, 5) is 29.6. The normalized spacial score (nSPS) is 15.0. The molecule has 0 bridgehead atoms. The molecule has 2 aliphatic heterocycles. The number of nitrogens with zero attached hydrogens (tertiary/aromatic N) is 5. The molecule has 2 N–H and O–H groups in total. The number of amides is 2. The zero-order valence-electron chi connectivity index (χ0n) is 24.3. The van der Waals surface area contributed by atoms with Gasteiger partial charge in [-0.3, -0.25) is 4.90 Å². The van der Waals surface area contributed by atoms with Crippen molar-refractivity contribution in [2.24, 2.45) is 0 Å². The molecule has 3 heterocycles. The van der Waals surface area contributed by atoms with Crippen molar-refractivity contribution in [3.8, 4) is 11.5 Å². The Morgan fingerprint density at radius 1 is 0.929 bits per heavy atom. The SMILES string of the molecule is COc1ccc(N2C(=O)N(c3c(C)cccc3C)Cc3cnc(Nc4ccc(N5CCNCC5)cc4)nc32)c(OC)c1. The van der Waals surface area contributed by atoms with Crippen LogP contribution in [0.3, 0.4) is 0 Å². The van der Waals surface area contributed by atoms with E-state index in [1.54, 1.807) is 36.3 Å². The second-order valence-corrected chi connectivity index (χ2v) is 10.4. The fourth-order valence-electron chi connectivity index (χ4n) is 5.61. The fourth-order valence-corrected chi connectivity index (χ4v) is 5.61. The largest absolute Gasteiger partial charge is 0.497 e. The Labute approximate surface area is 245 Å². The van der Waals surface area contributed by atoms with Crippen LogP contribution in [0, 0.1) is 13.8 Å². The van der Waals surface area contributed by atoms with Gasteiger partial charge in [0.15, 0.2) is 5.82 Å². The Hall–Kier alpha value is -4.83. The Kier molecular flexibility index (Phi) is 7.54. The lowest BCUT2D eigenvalue weighted by Crippen LogP contribution is -2.46. The fraction of sp³-hybridized carbons (Fsp3) is 0.281. The van der Waals surface area contributed by atoms with Gasteiger partial charge in [-0.05, 0) is 61.4 Å². The van der Waals surface area contributed by atoms with Crippen molar-refractivity contribution in [3.63, 3.8) is 0 Å². The van der Waals surface area contributed by atoms with E-state index in [0.29, 0.717) is 35.5 Å². The van der Waals surface area contributed by atoms with Crippen LogP contribution in [0.25, 0.3) is 0 Å². The van der Waals surface area contributed by atoms with Crippen molar-refractivity contribution in [2.45, 2.75) is 20.4 Å². The lowest BCUT2D eigenvalue weighted by atomic mass is 10.1. The summed E-state index contributed by atoms with van der Waals surface area (Å²) in [6.07, 6.45) is 1.79. The van der Waals surface area contributed by atoms with Gasteiger partial charge in [-0.1, -0.05) is 18.2 Å². The van der Waals surface area contributed by atoms with Gasteiger partial charge in [-0.15, -0.1) is 0 Å². The first-order chi connectivity index (χ1) is 20.5. The molecule has 0 spiro atoms. The number of nitrogens with one attached hydrogen (secondary N) is 2. The number of para-hydroxylation sites is 1. The number of hydrogen-bond acceptors (Lipinski definition) is 8. The van der Waals surface area contributed by atoms with Crippen molar-refractivity contribution in [3.05, 3.63) is 83.6 Å². The van der Waals surface area contributed by atoms with Gasteiger partial charge in [0.2, 0.25) is 5.95 Å². The summed E-state index contributed by atoms with van der Waals surface area (Å²) < 4.78 is 11.1. The van der Waals surface area contributed by atoms with Crippen LogP contribution in [0.5, 0.6) is 11.5 Å². The summed E-state index contributed by atoms with van der Waals surface area (Å²) in [5.74, 6) is 2.02. The predicted molar refractivity (Wildman–Crippen MR) is 166 cm³/mol. The molecule has 216 valence electrons. The molecular formula is C32H35N7O3. The summed E-state index contributed by atoms with van der Waals surface area (Å²) in [6, 6.07) is 19.4. The minimum Gasteiger partial charge on any atom is -0.497 e. The van der Waals surface area contributed by atoms with Crippen molar-refractivity contribution < 1.29 is 14.3 Å². The molecule has 1 fully saturated rings. The summed E-state index contributed by atoms with van der Waals surface area (Å²) in [5, 5.41) is 6.71. The van der Waals surface area contributed by atoms with E-state index in [1.807, 2.05) is 56.3 Å². The average molecular weight is 566 g/mol. The number of methoxy groups -OCH3 is 2. The van der Waals surface area contributed by atoms with Gasteiger partial charge in [-0.2, -0.15) is 4.98 Å². The average Bonchev–Trinajstić information content (AvgIpc) is 3.02. The highest BCUT2D eigenvalue weighted by atomic mass is 16.5. The topological polar surface area (TPSA) is 95.1 Å². The summed E-state index contributed by atoms with van der Waals surface area (Å²) in [7, 11) is 3.17. The van der Waals surface area contributed by atoms with Gasteiger partial charge in [0.1, 0.15) is 11.5 Å². The van der Waals surface area contributed by atoms with Gasteiger partial charge in [0, 0.05) is 55.4 Å². The lowest BCUT2D eigenvalue weighted by molar-refractivity contribution is 0.252. The number of benzene rings is 3. The molecule has 3 aromatic carbocycles. The number of urea groups is 1. The molecule has 2 amide bonds. The van der Waals surface area contributed by atoms with Crippen molar-refractivity contribution in [1.82, 2.24) is 15.3 Å². The van der Waals surface area contributed by atoms with Crippen molar-refractivity contribution >= 4 is 40.5 Å². The quantitative estimate of drug-likeness (QED) is 0.302. The monoisotopic (exact) mass is 565 g/mol. The third-order valence-electron chi connectivity index (χ3n) is 7.75. The molecule has 42 heavy (non-hydrogen) atoms. The molecule has 0 radical (unpaired) electrons. The van der Waals surface area contributed by atoms with Gasteiger partial charge in [-0.25, -0.2) is 14.7 Å². The maximum Gasteiger partial charge on any atom is 0.335 e. The zero-order valence-corrected chi connectivity index (χ0v) is 24.3. The highest BCUT2D eigenvalue weighted by Crippen LogP contribution is 2.42. The van der Waals surface area contributed by atoms with Crippen LogP contribution in [-0.4, -0.2) is 56.4 Å². The molecule has 0 atom stereocenters. The summed E-state index contributed by atoms with van der Waals surface area (Å²) in [6.45, 7) is 8.31. The lowest BCUT2D eigenvalue weighted by Gasteiger charge is -2.37. The van der Waals surface area contributed by atoms with Crippen LogP contribution in [0.2, 0.25) is 0 Å². The molecule has 10 heteroatoms. The minimum absolute atomic E-state index is 0.228. The van der Waals surface area contributed by atoms with Gasteiger partial charge in [0.25, 0.3) is 0 Å². The smallest absolute Gasteiger partial charge is 0.335 e. The second kappa shape index (κ2) is 11.6. The predicted octanol–water partition coefficient (Wildman–Crippen LogP) is 5.54. The molecule has 6 rings (SSSR count). The summed E-state index contributed by atoms with van der Waals surface area (Å²) in [5.41, 5.74) is 6.32. The first kappa shape index (κ1) is 27.3. The molecule has 1 saturated heterocycles. The minimum atomic E-state index is -0.228. The van der Waals surface area contributed by atoms with E-state index in [9.17, 15) is 4.79 Å². The van der Waals surface area contributed by atoms with E-state index in [2.05, 4.69) is 32.7 Å². The maximum atomic E-state index is 14.3. The van der Waals surface area contributed by atoms with Crippen LogP contribution in [0.4, 0.5) is 39.3 Å². The maximum absolute atomic E-state index is 14.3. The molecular weight excluding hydrogens is 530 g/mol. The molecule has 1 aromatic heterocycles. The number of ether oxygens (including phenoxy) is 2. The standard InChI is InChI=1S/C32H35N7O3/c1-21-6-5-7-22(2)29(21)38-20-23-19-34-31(35-24-8-10-25(11-9-24)37-16-14-33-15-17-37)36-30(23)39(32(38)40)27-13-12-26(41-3)18-28(27)42-4/h5-13,18-19,33H,14-17,20H2,1-4H3,(H,34,35,36). The van der Waals surface area contributed by atoms with Gasteiger partial charge in [0.05, 0.1) is 32.1 Å². The van der Waals surface area contributed by atoms with Crippen LogP contribution in [0.15, 0.2) is 66.9 Å². The Morgan fingerprint density at radius 2 is 1.67 bits per heavy atom. The van der Waals surface area contributed by atoms with E-state index < -0.39 is 0 Å². The Morgan fingerprint density at radius 3 is 2.36 bits per heavy atom. The van der Waals surface area contributed by atoms with Gasteiger partial charge < -0.3 is 25.0 Å². The highest BCUT2D eigenvalue weighted by molar-refractivity contribution is 6.11. The number of hydrogen-bond donors (Lipinski definition) is 2. The second-order valence-electron chi connectivity index (χ2n) is 10.4. The van der Waals surface area contributed by atoms with Crippen molar-refractivity contribution in [2.75, 3.05) is 60.4 Å². The number of rotatable bonds is 7. The van der Waals surface area contributed by atoms with E-state index >= 15 is 0 Å². The van der Waals surface area contributed by atoms with Crippen LogP contribution >= 0.6 is 0 Å². The van der Waals surface area contributed by atoms with Crippen LogP contribution in [-0.2, 0) is 6.54 Å². The van der Waals surface area contributed by atoms with E-state index in [1.165, 1.54) is 5.69 Å².